The quantitative estimate of drug-likeness (QED) is 0.810. The summed E-state index contributed by atoms with van der Waals surface area (Å²) in [5.74, 6) is -0.141. The van der Waals surface area contributed by atoms with Crippen LogP contribution in [0.25, 0.3) is 0 Å². The lowest BCUT2D eigenvalue weighted by Gasteiger charge is -2.20. The SMILES string of the molecule is CN(Cc1ccc(Cl)s1)C(=O)c1cccc(NC(=O)OC(C)(C)C)c1. The van der Waals surface area contributed by atoms with Crippen LogP contribution in [-0.2, 0) is 11.3 Å². The van der Waals surface area contributed by atoms with E-state index in [0.29, 0.717) is 22.1 Å². The molecule has 0 saturated heterocycles. The van der Waals surface area contributed by atoms with Gasteiger partial charge in [0, 0.05) is 23.2 Å². The van der Waals surface area contributed by atoms with E-state index < -0.39 is 11.7 Å². The molecule has 0 atom stereocenters. The highest BCUT2D eigenvalue weighted by atomic mass is 35.5. The maximum atomic E-state index is 12.6. The summed E-state index contributed by atoms with van der Waals surface area (Å²) in [5, 5.41) is 2.64. The molecule has 2 aromatic rings. The minimum atomic E-state index is -0.584. The number of carbonyl (C=O) groups is 2. The minimum Gasteiger partial charge on any atom is -0.444 e. The number of hydrogen-bond acceptors (Lipinski definition) is 4. The van der Waals surface area contributed by atoms with Crippen LogP contribution in [0.15, 0.2) is 36.4 Å². The molecule has 2 rings (SSSR count). The molecule has 1 aromatic heterocycles. The first kappa shape index (κ1) is 19.3. The molecule has 1 heterocycles. The normalized spacial score (nSPS) is 11.1. The van der Waals surface area contributed by atoms with Gasteiger partial charge in [-0.25, -0.2) is 4.79 Å². The van der Waals surface area contributed by atoms with Crippen molar-refractivity contribution in [2.24, 2.45) is 0 Å². The first-order valence-electron chi connectivity index (χ1n) is 7.74. The predicted molar refractivity (Wildman–Crippen MR) is 101 cm³/mol. The molecule has 0 radical (unpaired) electrons. The van der Waals surface area contributed by atoms with Gasteiger partial charge in [0.25, 0.3) is 5.91 Å². The molecule has 0 aliphatic rings. The summed E-state index contributed by atoms with van der Waals surface area (Å²) >= 11 is 7.36. The molecule has 2 amide bonds. The molecular formula is C18H21ClN2O3S. The molecule has 1 N–H and O–H groups in total. The molecule has 1 aromatic carbocycles. The lowest BCUT2D eigenvalue weighted by Crippen LogP contribution is -2.28. The number of halogens is 1. The molecule has 25 heavy (non-hydrogen) atoms. The summed E-state index contributed by atoms with van der Waals surface area (Å²) in [4.78, 5) is 27.0. The number of rotatable bonds is 4. The van der Waals surface area contributed by atoms with Gasteiger partial charge in [0.2, 0.25) is 0 Å². The van der Waals surface area contributed by atoms with Gasteiger partial charge in [-0.15, -0.1) is 11.3 Å². The highest BCUT2D eigenvalue weighted by molar-refractivity contribution is 7.16. The highest BCUT2D eigenvalue weighted by Crippen LogP contribution is 2.23. The van der Waals surface area contributed by atoms with Gasteiger partial charge < -0.3 is 9.64 Å². The van der Waals surface area contributed by atoms with Gasteiger partial charge in [-0.3, -0.25) is 10.1 Å². The summed E-state index contributed by atoms with van der Waals surface area (Å²) in [7, 11) is 1.73. The maximum absolute atomic E-state index is 12.6. The van der Waals surface area contributed by atoms with E-state index in [-0.39, 0.29) is 5.91 Å². The maximum Gasteiger partial charge on any atom is 0.412 e. The predicted octanol–water partition coefficient (Wildman–Crippen LogP) is 5.02. The third kappa shape index (κ3) is 6.07. The fourth-order valence-corrected chi connectivity index (χ4v) is 3.26. The number of ether oxygens (including phenoxy) is 1. The van der Waals surface area contributed by atoms with Crippen molar-refractivity contribution in [2.75, 3.05) is 12.4 Å². The molecular weight excluding hydrogens is 360 g/mol. The van der Waals surface area contributed by atoms with Gasteiger partial charge in [-0.1, -0.05) is 17.7 Å². The number of amides is 2. The van der Waals surface area contributed by atoms with Gasteiger partial charge in [0.05, 0.1) is 10.9 Å². The molecule has 0 spiro atoms. The zero-order valence-electron chi connectivity index (χ0n) is 14.6. The van der Waals surface area contributed by atoms with Crippen molar-refractivity contribution in [3.63, 3.8) is 0 Å². The van der Waals surface area contributed by atoms with Crippen LogP contribution < -0.4 is 5.32 Å². The summed E-state index contributed by atoms with van der Waals surface area (Å²) in [6.45, 7) is 5.84. The Morgan fingerprint density at radius 3 is 2.56 bits per heavy atom. The summed E-state index contributed by atoms with van der Waals surface area (Å²) in [5.41, 5.74) is 0.408. The van der Waals surface area contributed by atoms with Gasteiger partial charge in [-0.2, -0.15) is 0 Å². The van der Waals surface area contributed by atoms with Crippen LogP contribution >= 0.6 is 22.9 Å². The zero-order chi connectivity index (χ0) is 18.6. The molecule has 5 nitrogen and oxygen atoms in total. The Kier molecular flexibility index (Phi) is 6.08. The second-order valence-corrected chi connectivity index (χ2v) is 8.37. The van der Waals surface area contributed by atoms with Crippen molar-refractivity contribution < 1.29 is 14.3 Å². The van der Waals surface area contributed by atoms with E-state index >= 15 is 0 Å². The van der Waals surface area contributed by atoms with Crippen LogP contribution in [0.3, 0.4) is 0 Å². The Balaban J connectivity index is 2.04. The Morgan fingerprint density at radius 1 is 1.24 bits per heavy atom. The second-order valence-electron chi connectivity index (χ2n) is 6.57. The monoisotopic (exact) mass is 380 g/mol. The molecule has 134 valence electrons. The van der Waals surface area contributed by atoms with Crippen molar-refractivity contribution in [3.05, 3.63) is 51.2 Å². The third-order valence-corrected chi connectivity index (χ3v) is 4.34. The van der Waals surface area contributed by atoms with E-state index in [1.807, 2.05) is 12.1 Å². The topological polar surface area (TPSA) is 58.6 Å². The van der Waals surface area contributed by atoms with Crippen LogP contribution in [0, 0.1) is 0 Å². The second kappa shape index (κ2) is 7.89. The Bertz CT molecular complexity index is 768. The first-order valence-corrected chi connectivity index (χ1v) is 8.93. The number of nitrogens with one attached hydrogen (secondary N) is 1. The zero-order valence-corrected chi connectivity index (χ0v) is 16.2. The molecule has 0 unspecified atom stereocenters. The van der Waals surface area contributed by atoms with Crippen LogP contribution in [0.5, 0.6) is 0 Å². The van der Waals surface area contributed by atoms with E-state index in [9.17, 15) is 9.59 Å². The van der Waals surface area contributed by atoms with E-state index in [4.69, 9.17) is 16.3 Å². The van der Waals surface area contributed by atoms with Crippen LogP contribution in [0.4, 0.5) is 10.5 Å². The standard InChI is InChI=1S/C18H21ClN2O3S/c1-18(2,3)24-17(23)20-13-7-5-6-12(10-13)16(22)21(4)11-14-8-9-15(19)25-14/h5-10H,11H2,1-4H3,(H,20,23). The molecule has 0 aliphatic carbocycles. The lowest BCUT2D eigenvalue weighted by atomic mass is 10.1. The molecule has 7 heteroatoms. The van der Waals surface area contributed by atoms with Crippen molar-refractivity contribution in [1.82, 2.24) is 4.90 Å². The van der Waals surface area contributed by atoms with Crippen molar-refractivity contribution >= 4 is 40.6 Å². The van der Waals surface area contributed by atoms with Crippen LogP contribution in [0.1, 0.15) is 36.0 Å². The number of hydrogen-bond donors (Lipinski definition) is 1. The largest absolute Gasteiger partial charge is 0.444 e. The Hall–Kier alpha value is -2.05. The van der Waals surface area contributed by atoms with E-state index in [0.717, 1.165) is 4.88 Å². The number of anilines is 1. The number of thiophene rings is 1. The Labute approximate surface area is 156 Å². The molecule has 0 saturated carbocycles. The average molecular weight is 381 g/mol. The van der Waals surface area contributed by atoms with Crippen molar-refractivity contribution in [2.45, 2.75) is 32.9 Å². The smallest absolute Gasteiger partial charge is 0.412 e. The summed E-state index contributed by atoms with van der Waals surface area (Å²) in [6.07, 6.45) is -0.557. The van der Waals surface area contributed by atoms with E-state index in [1.165, 1.54) is 11.3 Å². The molecule has 0 fully saturated rings. The van der Waals surface area contributed by atoms with Gasteiger partial charge in [-0.05, 0) is 51.1 Å². The summed E-state index contributed by atoms with van der Waals surface area (Å²) < 4.78 is 5.91. The third-order valence-electron chi connectivity index (χ3n) is 3.12. The first-order chi connectivity index (χ1) is 11.6. The number of nitrogens with zero attached hydrogens (tertiary/aromatic N) is 1. The molecule has 0 bridgehead atoms. The number of carbonyl (C=O) groups excluding carboxylic acids is 2. The van der Waals surface area contributed by atoms with Crippen LogP contribution in [0.2, 0.25) is 4.34 Å². The van der Waals surface area contributed by atoms with Crippen molar-refractivity contribution in [1.29, 1.82) is 0 Å². The van der Waals surface area contributed by atoms with Crippen LogP contribution in [-0.4, -0.2) is 29.5 Å². The molecule has 0 aliphatic heterocycles. The van der Waals surface area contributed by atoms with Crippen molar-refractivity contribution in [3.8, 4) is 0 Å². The Morgan fingerprint density at radius 2 is 1.96 bits per heavy atom. The number of benzene rings is 1. The highest BCUT2D eigenvalue weighted by Gasteiger charge is 2.17. The van der Waals surface area contributed by atoms with E-state index in [1.54, 1.807) is 57.0 Å². The minimum absolute atomic E-state index is 0.141. The van der Waals surface area contributed by atoms with Gasteiger partial charge in [0.1, 0.15) is 5.60 Å². The average Bonchev–Trinajstić information content (AvgIpc) is 2.89. The van der Waals surface area contributed by atoms with E-state index in [2.05, 4.69) is 5.32 Å². The van der Waals surface area contributed by atoms with Gasteiger partial charge >= 0.3 is 6.09 Å². The fourth-order valence-electron chi connectivity index (χ4n) is 2.11. The summed E-state index contributed by atoms with van der Waals surface area (Å²) in [6, 6.07) is 10.5. The fraction of sp³-hybridized carbons (Fsp3) is 0.333. The lowest BCUT2D eigenvalue weighted by molar-refractivity contribution is 0.0635. The van der Waals surface area contributed by atoms with Gasteiger partial charge in [0.15, 0.2) is 0 Å².